The van der Waals surface area contributed by atoms with Crippen molar-refractivity contribution in [2.45, 2.75) is 224 Å². The van der Waals surface area contributed by atoms with Crippen molar-refractivity contribution in [1.82, 2.24) is 10.3 Å². The van der Waals surface area contributed by atoms with Crippen LogP contribution in [0.5, 0.6) is 0 Å². The molecule has 3 aromatic carbocycles. The maximum absolute atomic E-state index is 15.2. The maximum atomic E-state index is 15.2. The van der Waals surface area contributed by atoms with E-state index in [1.807, 2.05) is 96.1 Å². The van der Waals surface area contributed by atoms with E-state index in [4.69, 9.17) is 47.1 Å². The van der Waals surface area contributed by atoms with Crippen molar-refractivity contribution in [2.24, 2.45) is 28.8 Å². The molecule has 2 unspecified atom stereocenters. The molecule has 6 rings (SSSR count). The largest absolute Gasteiger partial charge is 0.459 e. The van der Waals surface area contributed by atoms with Gasteiger partial charge in [0.1, 0.15) is 23.3 Å². The van der Waals surface area contributed by atoms with Crippen LogP contribution in [-0.4, -0.2) is 156 Å². The third-order valence-corrected chi connectivity index (χ3v) is 19.1. The number of carbonyl (C=O) groups is 1. The van der Waals surface area contributed by atoms with E-state index >= 15 is 4.79 Å². The monoisotopic (exact) mass is 1150 g/mol. The van der Waals surface area contributed by atoms with Crippen LogP contribution in [-0.2, 0) is 52.3 Å². The van der Waals surface area contributed by atoms with Crippen LogP contribution in [0.4, 0.5) is 0 Å². The molecule has 0 spiro atoms. The molecule has 0 radical (unpaired) electrons. The Morgan fingerprint density at radius 2 is 1.21 bits per heavy atom. The lowest BCUT2D eigenvalue weighted by molar-refractivity contribution is -0.316. The van der Waals surface area contributed by atoms with Gasteiger partial charge in [0.05, 0.1) is 53.7 Å². The first-order chi connectivity index (χ1) is 37.4. The van der Waals surface area contributed by atoms with Crippen molar-refractivity contribution in [2.75, 3.05) is 28.3 Å². The first-order valence-electron chi connectivity index (χ1n) is 29.2. The third kappa shape index (κ3) is 14.9. The van der Waals surface area contributed by atoms with Gasteiger partial charge in [-0.05, 0) is 137 Å². The number of cyclic esters (lactones) is 1. The summed E-state index contributed by atoms with van der Waals surface area (Å²) < 4.78 is 62.1. The Hall–Kier alpha value is -3.41. The van der Waals surface area contributed by atoms with E-state index in [0.717, 1.165) is 23.1 Å². The summed E-state index contributed by atoms with van der Waals surface area (Å²) in [7, 11) is 3.16. The number of aliphatic hydroxyl groups excluding tert-OH is 1. The van der Waals surface area contributed by atoms with Crippen LogP contribution in [0.1, 0.15) is 112 Å². The molecule has 3 aliphatic rings. The van der Waals surface area contributed by atoms with Crippen molar-refractivity contribution in [1.29, 1.82) is 0 Å². The molecule has 3 heterocycles. The Morgan fingerprint density at radius 3 is 1.68 bits per heavy atom. The molecule has 3 N–H and O–H groups in total. The number of hydrazone groups is 1. The molecule has 448 valence electrons. The van der Waals surface area contributed by atoms with Crippen LogP contribution in [0.15, 0.2) is 96.1 Å². The second kappa shape index (κ2) is 26.7. The minimum Gasteiger partial charge on any atom is -0.459 e. The number of nitrogens with zero attached hydrogens (tertiary/aromatic N) is 2. The number of likely N-dealkylation sites (N-methyl/N-ethyl adjacent to an activating group) is 1. The lowest BCUT2D eigenvalue weighted by Crippen LogP contribution is -2.63. The highest BCUT2D eigenvalue weighted by molar-refractivity contribution is 6.70. The molecule has 17 heteroatoms. The van der Waals surface area contributed by atoms with Gasteiger partial charge in [-0.15, -0.1) is 0 Å². The van der Waals surface area contributed by atoms with Crippen LogP contribution in [0.3, 0.4) is 0 Å². The van der Waals surface area contributed by atoms with Crippen LogP contribution in [0.2, 0.25) is 39.3 Å². The minimum atomic E-state index is -2.25. The van der Waals surface area contributed by atoms with Gasteiger partial charge in [0.2, 0.25) is 0 Å². The van der Waals surface area contributed by atoms with E-state index in [-0.39, 0.29) is 37.5 Å². The number of carbonyl (C=O) groups excluding carboxylic acids is 1. The first kappa shape index (κ1) is 65.7. The Labute approximate surface area is 482 Å². The molecule has 0 amide bonds. The van der Waals surface area contributed by atoms with Crippen molar-refractivity contribution >= 4 is 28.3 Å². The van der Waals surface area contributed by atoms with Gasteiger partial charge in [-0.25, -0.2) is 0 Å². The summed E-state index contributed by atoms with van der Waals surface area (Å²) in [5.74, 6) is -3.55. The highest BCUT2D eigenvalue weighted by Crippen LogP contribution is 2.44. The molecule has 3 saturated heterocycles. The zero-order chi connectivity index (χ0) is 59.3. The second-order valence-corrected chi connectivity index (χ2v) is 35.1. The fourth-order valence-electron chi connectivity index (χ4n) is 12.8. The predicted molar refractivity (Wildman–Crippen MR) is 320 cm³/mol. The van der Waals surface area contributed by atoms with Gasteiger partial charge in [-0.2, -0.15) is 5.10 Å². The van der Waals surface area contributed by atoms with E-state index in [2.05, 4.69) is 114 Å². The highest BCUT2D eigenvalue weighted by atomic mass is 28.4. The lowest BCUT2D eigenvalue weighted by atomic mass is 9.73. The number of esters is 1. The Bertz CT molecular complexity index is 2350. The molecular formula is C63H101N3O12Si2. The standard InChI is InChI=1S/C63H101N3O12Si2/c1-21-50-62(10,69)55(67)42(4)52(64-65-63(46-31-25-22-26-32-46,47-33-27-23-28-34-47)48-35-29-24-30-36-48)40(2)38-60(8,70-13)56(76-59-54(77-79(15,16)17)49(66(11)12)37-41(3)72-59)43(5)53(44(6)58(68)74-50)75-51-39-61(9,71-14)57(45(7)73-51)78-80(18,19)20/h22-36,40-45,49-51,53-57,59,65,67,69H,21,37-39H2,1-20H3/b64-52+/t40-,41-,42+,43+,44-,45+,49+,50?,51+,53?,54-,55-,56-,57+,59+,60-,61-,62-/m1/s1. The Morgan fingerprint density at radius 1 is 0.713 bits per heavy atom. The highest BCUT2D eigenvalue weighted by Gasteiger charge is 2.55. The maximum Gasteiger partial charge on any atom is 0.311 e. The molecule has 3 aromatic rings. The normalized spacial score (nSPS) is 37.0. The van der Waals surface area contributed by atoms with Gasteiger partial charge < -0.3 is 57.1 Å². The number of benzene rings is 3. The van der Waals surface area contributed by atoms with Gasteiger partial charge in [-0.1, -0.05) is 119 Å². The summed E-state index contributed by atoms with van der Waals surface area (Å²) in [5.41, 5.74) is 2.09. The molecule has 0 bridgehead atoms. The summed E-state index contributed by atoms with van der Waals surface area (Å²) >= 11 is 0. The molecule has 3 aliphatic heterocycles. The molecule has 18 atom stereocenters. The van der Waals surface area contributed by atoms with E-state index in [0.29, 0.717) is 5.71 Å². The van der Waals surface area contributed by atoms with Gasteiger partial charge in [-0.3, -0.25) is 10.2 Å². The summed E-state index contributed by atoms with van der Waals surface area (Å²) in [5, 5.41) is 31.1. The molecule has 0 aromatic heterocycles. The average Bonchev–Trinajstić information content (AvgIpc) is 3.40. The van der Waals surface area contributed by atoms with E-state index in [9.17, 15) is 10.2 Å². The predicted octanol–water partition coefficient (Wildman–Crippen LogP) is 10.5. The number of hydrogen-bond donors (Lipinski definition) is 3. The number of methoxy groups -OCH3 is 2. The third-order valence-electron chi connectivity index (χ3n) is 17.2. The molecule has 0 saturated carbocycles. The van der Waals surface area contributed by atoms with Gasteiger partial charge in [0, 0.05) is 44.2 Å². The molecule has 3 fully saturated rings. The molecule has 15 nitrogen and oxygen atoms in total. The first-order valence-corrected chi connectivity index (χ1v) is 36.0. The summed E-state index contributed by atoms with van der Waals surface area (Å²) in [6.45, 7) is 32.2. The Kier molecular flexibility index (Phi) is 21.9. The smallest absolute Gasteiger partial charge is 0.311 e. The van der Waals surface area contributed by atoms with Crippen molar-refractivity contribution in [3.8, 4) is 0 Å². The zero-order valence-electron chi connectivity index (χ0n) is 52.0. The number of rotatable bonds is 17. The van der Waals surface area contributed by atoms with E-state index in [1.165, 1.54) is 6.92 Å². The number of nitrogens with one attached hydrogen (secondary N) is 1. The van der Waals surface area contributed by atoms with E-state index < -0.39 is 118 Å². The Balaban J connectivity index is 1.59. The van der Waals surface area contributed by atoms with Crippen LogP contribution < -0.4 is 5.43 Å². The topological polar surface area (TPSA) is 168 Å². The zero-order valence-corrected chi connectivity index (χ0v) is 54.0. The summed E-state index contributed by atoms with van der Waals surface area (Å²) in [6.07, 6.45) is -6.25. The SMILES string of the molecule is CCC1OC(=O)[C@H](C)C(O[C@H]2C[C@@](C)(OC)[C@@H](O[Si](C)(C)C)[C@H](C)O2)[C@H](C)[C@@H](O[C@@H]2O[C@H](C)C[C@H](N(C)C)[C@H]2O[Si](C)(C)C)[C@](C)(OC)C[C@@H](C)/C(=N\NC(c2ccccc2)(c2ccccc2)c2ccccc2)[C@H](C)[C@@H](O)[C@]1(C)O. The average molecular weight is 1150 g/mol. The second-order valence-electron chi connectivity index (χ2n) is 26.1. The summed E-state index contributed by atoms with van der Waals surface area (Å²) in [4.78, 5) is 17.4. The quantitative estimate of drug-likeness (QED) is 0.0505. The fourth-order valence-corrected chi connectivity index (χ4v) is 15.1. The van der Waals surface area contributed by atoms with Gasteiger partial charge >= 0.3 is 5.97 Å². The van der Waals surface area contributed by atoms with Gasteiger partial charge in [0.25, 0.3) is 0 Å². The van der Waals surface area contributed by atoms with E-state index in [1.54, 1.807) is 21.1 Å². The minimum absolute atomic E-state index is 0.0573. The number of hydrogen-bond acceptors (Lipinski definition) is 15. The molecule has 80 heavy (non-hydrogen) atoms. The van der Waals surface area contributed by atoms with Crippen molar-refractivity contribution < 1.29 is 57.0 Å². The molecular weight excluding hydrogens is 1050 g/mol. The fraction of sp³-hybridized carbons (Fsp3) is 0.683. The van der Waals surface area contributed by atoms with Crippen LogP contribution in [0, 0.1) is 23.7 Å². The number of ether oxygens (including phenoxy) is 7. The van der Waals surface area contributed by atoms with Crippen molar-refractivity contribution in [3.63, 3.8) is 0 Å². The number of aliphatic hydroxyl groups is 2. The van der Waals surface area contributed by atoms with Crippen LogP contribution in [0.25, 0.3) is 0 Å². The molecule has 0 aliphatic carbocycles. The van der Waals surface area contributed by atoms with Gasteiger partial charge in [0.15, 0.2) is 29.2 Å². The van der Waals surface area contributed by atoms with Crippen LogP contribution >= 0.6 is 0 Å². The lowest BCUT2D eigenvalue weighted by Gasteiger charge is -2.51. The van der Waals surface area contributed by atoms with Crippen molar-refractivity contribution in [3.05, 3.63) is 108 Å². The summed E-state index contributed by atoms with van der Waals surface area (Å²) in [6, 6.07) is 30.5.